The Balaban J connectivity index is 1.94. The smallest absolute Gasteiger partial charge is 0.239 e. The maximum atomic E-state index is 5.63. The molecule has 0 aliphatic carbocycles. The highest BCUT2D eigenvalue weighted by Gasteiger charge is 2.22. The van der Waals surface area contributed by atoms with E-state index in [4.69, 9.17) is 8.94 Å². The van der Waals surface area contributed by atoms with Gasteiger partial charge in [0.2, 0.25) is 17.7 Å². The first-order valence-electron chi connectivity index (χ1n) is 6.11. The van der Waals surface area contributed by atoms with Crippen LogP contribution in [0, 0.1) is 6.92 Å². The van der Waals surface area contributed by atoms with E-state index < -0.39 is 0 Å². The van der Waals surface area contributed by atoms with E-state index in [1.54, 1.807) is 18.7 Å². The summed E-state index contributed by atoms with van der Waals surface area (Å²) in [6.45, 7) is 9.94. The minimum absolute atomic E-state index is 0.103. The Hall–Kier alpha value is -1.37. The molecule has 0 aliphatic heterocycles. The van der Waals surface area contributed by atoms with E-state index in [0.717, 1.165) is 0 Å². The van der Waals surface area contributed by atoms with Gasteiger partial charge >= 0.3 is 0 Å². The second-order valence-corrected chi connectivity index (χ2v) is 6.71. The van der Waals surface area contributed by atoms with Gasteiger partial charge in [-0.1, -0.05) is 25.9 Å². The molecule has 0 aliphatic rings. The van der Waals surface area contributed by atoms with Crippen LogP contribution in [0.4, 0.5) is 0 Å². The summed E-state index contributed by atoms with van der Waals surface area (Å²) >= 11 is 1.63. The van der Waals surface area contributed by atoms with E-state index in [9.17, 15) is 0 Å². The van der Waals surface area contributed by atoms with Gasteiger partial charge in [0.1, 0.15) is 0 Å². The van der Waals surface area contributed by atoms with E-state index >= 15 is 0 Å². The lowest BCUT2D eigenvalue weighted by Gasteiger charge is -2.11. The largest absolute Gasteiger partial charge is 0.424 e. The van der Waals surface area contributed by atoms with Gasteiger partial charge in [-0.05, 0) is 13.8 Å². The minimum Gasteiger partial charge on any atom is -0.424 e. The molecule has 0 bridgehead atoms. The van der Waals surface area contributed by atoms with Gasteiger partial charge in [-0.3, -0.25) is 0 Å². The first-order valence-corrected chi connectivity index (χ1v) is 7.16. The quantitative estimate of drug-likeness (QED) is 0.852. The molecule has 0 unspecified atom stereocenters. The summed E-state index contributed by atoms with van der Waals surface area (Å²) in [5, 5.41) is 12.0. The molecule has 7 heteroatoms. The first kappa shape index (κ1) is 14.0. The molecule has 0 saturated heterocycles. The molecule has 19 heavy (non-hydrogen) atoms. The third-order valence-electron chi connectivity index (χ3n) is 2.46. The van der Waals surface area contributed by atoms with E-state index in [0.29, 0.717) is 29.2 Å². The Morgan fingerprint density at radius 2 is 2.00 bits per heavy atom. The van der Waals surface area contributed by atoms with E-state index in [2.05, 4.69) is 20.3 Å². The van der Waals surface area contributed by atoms with Gasteiger partial charge in [-0.25, -0.2) is 0 Å². The summed E-state index contributed by atoms with van der Waals surface area (Å²) in [6.07, 6.45) is 0. The van der Waals surface area contributed by atoms with E-state index in [-0.39, 0.29) is 10.7 Å². The molecule has 0 saturated carbocycles. The number of nitrogens with zero attached hydrogens (tertiary/aromatic N) is 4. The Morgan fingerprint density at radius 1 is 1.26 bits per heavy atom. The van der Waals surface area contributed by atoms with Crippen molar-refractivity contribution in [3.05, 3.63) is 23.5 Å². The predicted octanol–water partition coefficient (Wildman–Crippen LogP) is 3.05. The van der Waals surface area contributed by atoms with Gasteiger partial charge < -0.3 is 8.94 Å². The lowest BCUT2D eigenvalue weighted by molar-refractivity contribution is 0.374. The molecule has 2 rings (SSSR count). The molecule has 2 heterocycles. The molecular formula is C12H18N4O2S. The summed E-state index contributed by atoms with van der Waals surface area (Å²) in [6, 6.07) is 0. The normalized spacial score (nSPS) is 13.7. The molecule has 1 atom stereocenters. The molecule has 0 radical (unpaired) electrons. The average molecular weight is 282 g/mol. The minimum atomic E-state index is -0.120. The monoisotopic (exact) mass is 282 g/mol. The van der Waals surface area contributed by atoms with Crippen molar-refractivity contribution >= 4 is 11.8 Å². The van der Waals surface area contributed by atoms with Crippen LogP contribution in [0.2, 0.25) is 0 Å². The second-order valence-electron chi connectivity index (χ2n) is 5.38. The van der Waals surface area contributed by atoms with Crippen LogP contribution in [0.15, 0.2) is 8.94 Å². The highest BCUT2D eigenvalue weighted by Crippen LogP contribution is 2.30. The molecule has 0 amide bonds. The Kier molecular flexibility index (Phi) is 3.93. The third-order valence-corrected chi connectivity index (χ3v) is 3.57. The topological polar surface area (TPSA) is 77.8 Å². The number of aryl methyl sites for hydroxylation is 1. The highest BCUT2D eigenvalue weighted by molar-refractivity contribution is 7.98. The second kappa shape index (κ2) is 5.32. The van der Waals surface area contributed by atoms with Crippen molar-refractivity contribution in [1.29, 1.82) is 0 Å². The van der Waals surface area contributed by atoms with Gasteiger partial charge in [-0.2, -0.15) is 4.98 Å². The fourth-order valence-corrected chi connectivity index (χ4v) is 2.11. The van der Waals surface area contributed by atoms with E-state index in [1.165, 1.54) is 0 Å². The number of hydrogen-bond donors (Lipinski definition) is 0. The Labute approximate surface area is 116 Å². The fourth-order valence-electron chi connectivity index (χ4n) is 1.36. The molecule has 104 valence electrons. The first-order chi connectivity index (χ1) is 8.86. The maximum absolute atomic E-state index is 5.63. The van der Waals surface area contributed by atoms with Gasteiger partial charge in [0.25, 0.3) is 0 Å². The maximum Gasteiger partial charge on any atom is 0.239 e. The Bertz CT molecular complexity index is 544. The predicted molar refractivity (Wildman–Crippen MR) is 71.7 cm³/mol. The van der Waals surface area contributed by atoms with Crippen molar-refractivity contribution in [2.75, 3.05) is 0 Å². The SMILES string of the molecule is Cc1noc([C@@H](C)SCc2nnc(C(C)(C)C)o2)n1. The lowest BCUT2D eigenvalue weighted by Crippen LogP contribution is -2.11. The van der Waals surface area contributed by atoms with Crippen molar-refractivity contribution in [2.45, 2.75) is 51.0 Å². The summed E-state index contributed by atoms with van der Waals surface area (Å²) in [5.41, 5.74) is -0.120. The van der Waals surface area contributed by atoms with Crippen LogP contribution in [0.5, 0.6) is 0 Å². The van der Waals surface area contributed by atoms with Crippen LogP contribution in [0.1, 0.15) is 56.4 Å². The third kappa shape index (κ3) is 3.56. The van der Waals surface area contributed by atoms with Gasteiger partial charge in [0, 0.05) is 5.41 Å². The molecular weight excluding hydrogens is 264 g/mol. The Morgan fingerprint density at radius 3 is 2.53 bits per heavy atom. The lowest BCUT2D eigenvalue weighted by atomic mass is 9.97. The zero-order chi connectivity index (χ0) is 14.0. The molecule has 6 nitrogen and oxygen atoms in total. The zero-order valence-corrected chi connectivity index (χ0v) is 12.6. The molecule has 0 aromatic carbocycles. The summed E-state index contributed by atoms with van der Waals surface area (Å²) in [4.78, 5) is 4.20. The van der Waals surface area contributed by atoms with Crippen molar-refractivity contribution in [3.8, 4) is 0 Å². The van der Waals surface area contributed by atoms with E-state index in [1.807, 2.05) is 27.7 Å². The van der Waals surface area contributed by atoms with Crippen LogP contribution in [0.25, 0.3) is 0 Å². The standard InChI is InChI=1S/C12H18N4O2S/c1-7(10-13-8(2)16-18-10)19-6-9-14-15-11(17-9)12(3,4)5/h7H,6H2,1-5H3/t7-/m1/s1. The van der Waals surface area contributed by atoms with Crippen molar-refractivity contribution in [3.63, 3.8) is 0 Å². The number of aromatic nitrogens is 4. The van der Waals surface area contributed by atoms with Crippen molar-refractivity contribution in [2.24, 2.45) is 0 Å². The number of thioether (sulfide) groups is 1. The van der Waals surface area contributed by atoms with Crippen LogP contribution in [-0.2, 0) is 11.2 Å². The van der Waals surface area contributed by atoms with Crippen LogP contribution in [0.3, 0.4) is 0 Å². The van der Waals surface area contributed by atoms with Gasteiger partial charge in [0.05, 0.1) is 11.0 Å². The number of hydrogen-bond acceptors (Lipinski definition) is 7. The molecule has 2 aromatic rings. The van der Waals surface area contributed by atoms with Gasteiger partial charge in [-0.15, -0.1) is 22.0 Å². The summed E-state index contributed by atoms with van der Waals surface area (Å²) in [5.74, 6) is 3.18. The fraction of sp³-hybridized carbons (Fsp3) is 0.667. The summed E-state index contributed by atoms with van der Waals surface area (Å²) in [7, 11) is 0. The number of rotatable bonds is 4. The van der Waals surface area contributed by atoms with Crippen molar-refractivity contribution < 1.29 is 8.94 Å². The summed E-state index contributed by atoms with van der Waals surface area (Å²) < 4.78 is 10.8. The molecule has 0 fully saturated rings. The average Bonchev–Trinajstić information content (AvgIpc) is 2.93. The zero-order valence-electron chi connectivity index (χ0n) is 11.8. The van der Waals surface area contributed by atoms with Crippen LogP contribution in [-0.4, -0.2) is 20.3 Å². The molecule has 0 spiro atoms. The molecule has 2 aromatic heterocycles. The van der Waals surface area contributed by atoms with Crippen molar-refractivity contribution in [1.82, 2.24) is 20.3 Å². The van der Waals surface area contributed by atoms with Crippen LogP contribution >= 0.6 is 11.8 Å². The molecule has 0 N–H and O–H groups in total. The highest BCUT2D eigenvalue weighted by atomic mass is 32.2. The van der Waals surface area contributed by atoms with Crippen LogP contribution < -0.4 is 0 Å². The van der Waals surface area contributed by atoms with Gasteiger partial charge in [0.15, 0.2) is 5.82 Å².